The summed E-state index contributed by atoms with van der Waals surface area (Å²) in [7, 11) is 0. The van der Waals surface area contributed by atoms with Crippen LogP contribution in [-0.4, -0.2) is 55.7 Å². The van der Waals surface area contributed by atoms with Crippen molar-refractivity contribution in [1.29, 1.82) is 0 Å². The van der Waals surface area contributed by atoms with E-state index in [4.69, 9.17) is 16.3 Å². The Morgan fingerprint density at radius 3 is 2.78 bits per heavy atom. The van der Waals surface area contributed by atoms with Gasteiger partial charge < -0.3 is 15.0 Å². The summed E-state index contributed by atoms with van der Waals surface area (Å²) in [6, 6.07) is 1.77. The van der Waals surface area contributed by atoms with Gasteiger partial charge in [-0.05, 0) is 39.7 Å². The molecule has 2 aromatic rings. The Morgan fingerprint density at radius 1 is 1.26 bits per heavy atom. The zero-order valence-electron chi connectivity index (χ0n) is 15.6. The molecule has 0 spiro atoms. The Hall–Kier alpha value is -2.48. The van der Waals surface area contributed by atoms with E-state index in [9.17, 15) is 4.79 Å². The average Bonchev–Trinajstić information content (AvgIpc) is 2.61. The first-order chi connectivity index (χ1) is 12.8. The van der Waals surface area contributed by atoms with Gasteiger partial charge in [-0.25, -0.2) is 24.7 Å². The Bertz CT molecular complexity index is 810. The summed E-state index contributed by atoms with van der Waals surface area (Å²) in [5.74, 6) is 0.463. The van der Waals surface area contributed by atoms with Gasteiger partial charge in [0.15, 0.2) is 5.15 Å². The SMILES string of the molecule is CC(C)(C)OC(=O)N1CCC[C@H](Nc2nccc(-c3nccnc3Cl)n2)C1. The van der Waals surface area contributed by atoms with Crippen LogP contribution >= 0.6 is 11.6 Å². The Balaban J connectivity index is 1.68. The Kier molecular flexibility index (Phi) is 5.74. The molecule has 1 aliphatic heterocycles. The number of anilines is 1. The van der Waals surface area contributed by atoms with Crippen molar-refractivity contribution < 1.29 is 9.53 Å². The van der Waals surface area contributed by atoms with Crippen molar-refractivity contribution >= 4 is 23.6 Å². The van der Waals surface area contributed by atoms with Gasteiger partial charge in [0.1, 0.15) is 11.3 Å². The molecule has 9 heteroatoms. The van der Waals surface area contributed by atoms with Crippen molar-refractivity contribution in [3.63, 3.8) is 0 Å². The summed E-state index contributed by atoms with van der Waals surface area (Å²) < 4.78 is 5.46. The van der Waals surface area contributed by atoms with E-state index in [1.54, 1.807) is 23.4 Å². The summed E-state index contributed by atoms with van der Waals surface area (Å²) >= 11 is 6.10. The second kappa shape index (κ2) is 8.04. The van der Waals surface area contributed by atoms with Crippen LogP contribution in [0.5, 0.6) is 0 Å². The summed E-state index contributed by atoms with van der Waals surface area (Å²) in [6.45, 7) is 6.81. The van der Waals surface area contributed by atoms with Crippen LogP contribution in [-0.2, 0) is 4.74 Å². The van der Waals surface area contributed by atoms with Crippen molar-refractivity contribution in [1.82, 2.24) is 24.8 Å². The van der Waals surface area contributed by atoms with Crippen LogP contribution in [0.25, 0.3) is 11.4 Å². The van der Waals surface area contributed by atoms with Crippen molar-refractivity contribution in [2.45, 2.75) is 45.3 Å². The number of rotatable bonds is 3. The van der Waals surface area contributed by atoms with Crippen LogP contribution < -0.4 is 5.32 Å². The highest BCUT2D eigenvalue weighted by Crippen LogP contribution is 2.22. The predicted molar refractivity (Wildman–Crippen MR) is 103 cm³/mol. The minimum absolute atomic E-state index is 0.0406. The molecule has 1 aliphatic rings. The fourth-order valence-corrected chi connectivity index (χ4v) is 3.02. The molecule has 2 aromatic heterocycles. The van der Waals surface area contributed by atoms with E-state index >= 15 is 0 Å². The molecule has 1 saturated heterocycles. The van der Waals surface area contributed by atoms with E-state index in [1.807, 2.05) is 20.8 Å². The number of piperidine rings is 1. The molecule has 0 radical (unpaired) electrons. The van der Waals surface area contributed by atoms with Crippen molar-refractivity contribution in [2.75, 3.05) is 18.4 Å². The van der Waals surface area contributed by atoms with Crippen LogP contribution in [0.3, 0.4) is 0 Å². The Morgan fingerprint density at radius 2 is 2.04 bits per heavy atom. The second-order valence-electron chi connectivity index (χ2n) is 7.37. The number of amides is 1. The first-order valence-electron chi connectivity index (χ1n) is 8.86. The van der Waals surface area contributed by atoms with Gasteiger partial charge >= 0.3 is 6.09 Å². The van der Waals surface area contributed by atoms with Gasteiger partial charge in [-0.15, -0.1) is 0 Å². The highest BCUT2D eigenvalue weighted by atomic mass is 35.5. The third kappa shape index (κ3) is 5.26. The summed E-state index contributed by atoms with van der Waals surface area (Å²) in [5.41, 5.74) is 0.583. The van der Waals surface area contributed by atoms with Gasteiger partial charge in [0.05, 0.1) is 5.69 Å². The number of aromatic nitrogens is 4. The van der Waals surface area contributed by atoms with Crippen LogP contribution in [0.15, 0.2) is 24.7 Å². The largest absolute Gasteiger partial charge is 0.444 e. The van der Waals surface area contributed by atoms with Gasteiger partial charge in [0.2, 0.25) is 5.95 Å². The van der Waals surface area contributed by atoms with Crippen LogP contribution in [0.2, 0.25) is 5.15 Å². The maximum Gasteiger partial charge on any atom is 0.410 e. The molecule has 1 amide bonds. The number of hydrogen-bond donors (Lipinski definition) is 1. The van der Waals surface area contributed by atoms with E-state index in [0.29, 0.717) is 30.4 Å². The molecule has 3 heterocycles. The van der Waals surface area contributed by atoms with E-state index in [-0.39, 0.29) is 17.3 Å². The molecule has 0 aliphatic carbocycles. The lowest BCUT2D eigenvalue weighted by Gasteiger charge is -2.34. The predicted octanol–water partition coefficient (Wildman–Crippen LogP) is 3.40. The molecule has 0 bridgehead atoms. The molecule has 3 rings (SSSR count). The maximum absolute atomic E-state index is 12.3. The molecule has 27 heavy (non-hydrogen) atoms. The molecule has 1 fully saturated rings. The van der Waals surface area contributed by atoms with E-state index in [0.717, 1.165) is 12.8 Å². The Labute approximate surface area is 163 Å². The quantitative estimate of drug-likeness (QED) is 0.858. The summed E-state index contributed by atoms with van der Waals surface area (Å²) in [6.07, 6.45) is 6.24. The first-order valence-corrected chi connectivity index (χ1v) is 9.24. The molecular weight excluding hydrogens is 368 g/mol. The molecule has 0 saturated carbocycles. The third-order valence-electron chi connectivity index (χ3n) is 3.96. The van der Waals surface area contributed by atoms with E-state index < -0.39 is 5.60 Å². The van der Waals surface area contributed by atoms with Gasteiger partial charge in [-0.1, -0.05) is 11.6 Å². The minimum Gasteiger partial charge on any atom is -0.444 e. The van der Waals surface area contributed by atoms with Gasteiger partial charge in [-0.2, -0.15) is 0 Å². The number of ether oxygens (including phenoxy) is 1. The smallest absolute Gasteiger partial charge is 0.410 e. The molecular formula is C18H23ClN6O2. The van der Waals surface area contributed by atoms with Crippen molar-refractivity contribution in [2.24, 2.45) is 0 Å². The van der Waals surface area contributed by atoms with Gasteiger partial charge in [0, 0.05) is 37.7 Å². The number of likely N-dealkylation sites (tertiary alicyclic amines) is 1. The standard InChI is InChI=1S/C18H23ClN6O2/c1-18(2,3)27-17(26)25-10-4-5-12(11-25)23-16-22-7-6-13(24-16)14-15(19)21-9-8-20-14/h6-9,12H,4-5,10-11H2,1-3H3,(H,22,23,24)/t12-/m0/s1. The minimum atomic E-state index is -0.509. The topological polar surface area (TPSA) is 93.1 Å². The number of nitrogens with one attached hydrogen (secondary N) is 1. The molecule has 8 nitrogen and oxygen atoms in total. The monoisotopic (exact) mass is 390 g/mol. The molecule has 144 valence electrons. The molecule has 0 unspecified atom stereocenters. The fraction of sp³-hybridized carbons (Fsp3) is 0.500. The average molecular weight is 391 g/mol. The highest BCUT2D eigenvalue weighted by Gasteiger charge is 2.28. The van der Waals surface area contributed by atoms with Crippen LogP contribution in [0.1, 0.15) is 33.6 Å². The highest BCUT2D eigenvalue weighted by molar-refractivity contribution is 6.31. The molecule has 1 N–H and O–H groups in total. The third-order valence-corrected chi connectivity index (χ3v) is 4.23. The second-order valence-corrected chi connectivity index (χ2v) is 7.73. The number of carbonyl (C=O) groups is 1. The van der Waals surface area contributed by atoms with E-state index in [2.05, 4.69) is 25.3 Å². The van der Waals surface area contributed by atoms with Crippen molar-refractivity contribution in [3.05, 3.63) is 29.8 Å². The molecule has 1 atom stereocenters. The van der Waals surface area contributed by atoms with Gasteiger partial charge in [-0.3, -0.25) is 0 Å². The molecule has 0 aromatic carbocycles. The van der Waals surface area contributed by atoms with Crippen LogP contribution in [0, 0.1) is 0 Å². The normalized spacial score (nSPS) is 17.5. The number of hydrogen-bond acceptors (Lipinski definition) is 7. The van der Waals surface area contributed by atoms with Crippen molar-refractivity contribution in [3.8, 4) is 11.4 Å². The lowest BCUT2D eigenvalue weighted by Crippen LogP contribution is -2.47. The van der Waals surface area contributed by atoms with E-state index in [1.165, 1.54) is 6.20 Å². The lowest BCUT2D eigenvalue weighted by atomic mass is 10.1. The van der Waals surface area contributed by atoms with Gasteiger partial charge in [0.25, 0.3) is 0 Å². The summed E-state index contributed by atoms with van der Waals surface area (Å²) in [5, 5.41) is 3.58. The number of carbonyl (C=O) groups excluding carboxylic acids is 1. The first kappa shape index (κ1) is 19.3. The number of nitrogens with zero attached hydrogens (tertiary/aromatic N) is 5. The summed E-state index contributed by atoms with van der Waals surface area (Å²) in [4.78, 5) is 31.0. The lowest BCUT2D eigenvalue weighted by molar-refractivity contribution is 0.0206. The van der Waals surface area contributed by atoms with Crippen LogP contribution in [0.4, 0.5) is 10.7 Å². The maximum atomic E-state index is 12.3. The number of halogens is 1. The zero-order chi connectivity index (χ0) is 19.4. The zero-order valence-corrected chi connectivity index (χ0v) is 16.4. The fourth-order valence-electron chi connectivity index (χ4n) is 2.82.